The van der Waals surface area contributed by atoms with E-state index < -0.39 is 22.2 Å². The first-order valence-electron chi connectivity index (χ1n) is 8.48. The number of rotatable bonds is 4. The number of aliphatic carboxylic acids is 1. The molecule has 160 valence electrons. The fraction of sp³-hybridized carbons (Fsp3) is 0.688. The minimum atomic E-state index is -5.08. The lowest BCUT2D eigenvalue weighted by Gasteiger charge is -2.32. The quantitative estimate of drug-likeness (QED) is 0.742. The highest BCUT2D eigenvalue weighted by atomic mass is 32.2. The maximum Gasteiger partial charge on any atom is 0.490 e. The van der Waals surface area contributed by atoms with Crippen LogP contribution in [-0.2, 0) is 26.1 Å². The number of carbonyl (C=O) groups is 1. The minimum absolute atomic E-state index is 0.123. The number of carboxylic acid groups (broad SMARTS) is 1. The first kappa shape index (κ1) is 22.7. The van der Waals surface area contributed by atoms with Crippen molar-refractivity contribution in [3.05, 3.63) is 23.7 Å². The van der Waals surface area contributed by atoms with Gasteiger partial charge in [0.1, 0.15) is 11.5 Å². The van der Waals surface area contributed by atoms with E-state index in [-0.39, 0.29) is 6.04 Å². The lowest BCUT2D eigenvalue weighted by Crippen LogP contribution is -2.49. The molecule has 3 rings (SSSR count). The third-order valence-electron chi connectivity index (χ3n) is 4.50. The number of aryl methyl sites for hydroxylation is 1. The Kier molecular flexibility index (Phi) is 7.12. The molecule has 3 heterocycles. The number of furan rings is 1. The van der Waals surface area contributed by atoms with E-state index in [1.807, 2.05) is 19.1 Å². The summed E-state index contributed by atoms with van der Waals surface area (Å²) < 4.78 is 68.6. The summed E-state index contributed by atoms with van der Waals surface area (Å²) in [5.41, 5.74) is 0. The zero-order chi connectivity index (χ0) is 21.1. The number of halogens is 3. The molecule has 0 radical (unpaired) electrons. The molecule has 2 aliphatic rings. The normalized spacial score (nSPS) is 25.7. The molecule has 1 aromatic rings. The Morgan fingerprint density at radius 1 is 1.32 bits per heavy atom. The van der Waals surface area contributed by atoms with Gasteiger partial charge in [-0.15, -0.1) is 0 Å². The largest absolute Gasteiger partial charge is 0.490 e. The van der Waals surface area contributed by atoms with Gasteiger partial charge in [-0.1, -0.05) is 0 Å². The Morgan fingerprint density at radius 2 is 1.96 bits per heavy atom. The fourth-order valence-corrected chi connectivity index (χ4v) is 4.20. The molecular weight excluding hydrogens is 405 g/mol. The Hall–Kier alpha value is -1.63. The van der Waals surface area contributed by atoms with Gasteiger partial charge in [-0.2, -0.15) is 13.2 Å². The zero-order valence-corrected chi connectivity index (χ0v) is 16.2. The van der Waals surface area contributed by atoms with Crippen LogP contribution in [0.5, 0.6) is 0 Å². The maximum absolute atomic E-state index is 11.5. The van der Waals surface area contributed by atoms with Gasteiger partial charge in [-0.05, 0) is 25.0 Å². The molecule has 2 fully saturated rings. The molecule has 0 spiro atoms. The van der Waals surface area contributed by atoms with Crippen molar-refractivity contribution in [3.8, 4) is 0 Å². The number of carboxylic acids is 1. The standard InChI is InChI=1S/C14H22N2O4S.C2HF3O2/c1-10-3-4-12(20-10)6-16-5-11-8-19-9-14(13(11)7-16)15-21(2,17)18;3-2(4,5)1(6)7/h3-4,11,13-15H,5-9H2,1-2H3;(H,6,7)/t11-,13-,14-;/m1./s1. The monoisotopic (exact) mass is 428 g/mol. The molecule has 12 heteroatoms. The van der Waals surface area contributed by atoms with E-state index in [4.69, 9.17) is 19.1 Å². The second kappa shape index (κ2) is 8.80. The van der Waals surface area contributed by atoms with Crippen LogP contribution in [0.4, 0.5) is 13.2 Å². The molecule has 0 aromatic carbocycles. The molecule has 0 saturated carbocycles. The number of ether oxygens (including phenoxy) is 1. The number of fused-ring (bicyclic) bond motifs is 1. The number of alkyl halides is 3. The van der Waals surface area contributed by atoms with Gasteiger partial charge in [0, 0.05) is 25.0 Å². The van der Waals surface area contributed by atoms with Crippen molar-refractivity contribution in [1.29, 1.82) is 0 Å². The van der Waals surface area contributed by atoms with Crippen LogP contribution in [0.15, 0.2) is 16.5 Å². The molecule has 2 N–H and O–H groups in total. The summed E-state index contributed by atoms with van der Waals surface area (Å²) in [4.78, 5) is 11.2. The van der Waals surface area contributed by atoms with Crippen molar-refractivity contribution < 1.29 is 40.6 Å². The second-order valence-corrected chi connectivity index (χ2v) is 8.75. The van der Waals surface area contributed by atoms with Crippen LogP contribution in [0.2, 0.25) is 0 Å². The van der Waals surface area contributed by atoms with Gasteiger partial charge >= 0.3 is 12.1 Å². The van der Waals surface area contributed by atoms with Crippen LogP contribution in [0.3, 0.4) is 0 Å². The predicted molar refractivity (Wildman–Crippen MR) is 92.0 cm³/mol. The van der Waals surface area contributed by atoms with E-state index in [0.29, 0.717) is 25.0 Å². The van der Waals surface area contributed by atoms with E-state index in [1.54, 1.807) is 0 Å². The highest BCUT2D eigenvalue weighted by Gasteiger charge is 2.42. The van der Waals surface area contributed by atoms with E-state index in [0.717, 1.165) is 31.2 Å². The molecule has 1 aromatic heterocycles. The van der Waals surface area contributed by atoms with E-state index in [9.17, 15) is 21.6 Å². The fourth-order valence-electron chi connectivity index (χ4n) is 3.41. The average Bonchev–Trinajstić information content (AvgIpc) is 3.12. The summed E-state index contributed by atoms with van der Waals surface area (Å²) in [5, 5.41) is 7.12. The zero-order valence-electron chi connectivity index (χ0n) is 15.4. The molecule has 28 heavy (non-hydrogen) atoms. The smallest absolute Gasteiger partial charge is 0.475 e. The van der Waals surface area contributed by atoms with Gasteiger partial charge < -0.3 is 14.3 Å². The third-order valence-corrected chi connectivity index (χ3v) is 5.23. The molecule has 2 aliphatic heterocycles. The highest BCUT2D eigenvalue weighted by Crippen LogP contribution is 2.31. The van der Waals surface area contributed by atoms with Gasteiger partial charge in [0.15, 0.2) is 0 Å². The van der Waals surface area contributed by atoms with Crippen LogP contribution in [-0.4, -0.2) is 69.2 Å². The number of likely N-dealkylation sites (tertiary alicyclic amines) is 1. The number of nitrogens with zero attached hydrogens (tertiary/aromatic N) is 1. The van der Waals surface area contributed by atoms with Crippen molar-refractivity contribution in [2.24, 2.45) is 11.8 Å². The number of hydrogen-bond donors (Lipinski definition) is 2. The van der Waals surface area contributed by atoms with E-state index >= 15 is 0 Å². The first-order valence-corrected chi connectivity index (χ1v) is 10.4. The Bertz CT molecular complexity index is 780. The second-order valence-electron chi connectivity index (χ2n) is 6.97. The SMILES string of the molecule is Cc1ccc(CN2C[C@@H]3COC[C@@H](NS(C)(=O)=O)[C@@H]3C2)o1.O=C(O)C(F)(F)F. The molecular formula is C16H23F3N2O6S. The van der Waals surface area contributed by atoms with Gasteiger partial charge in [0.2, 0.25) is 10.0 Å². The lowest BCUT2D eigenvalue weighted by atomic mass is 9.88. The van der Waals surface area contributed by atoms with Crippen LogP contribution in [0.1, 0.15) is 11.5 Å². The van der Waals surface area contributed by atoms with Gasteiger partial charge in [0.05, 0.1) is 26.0 Å². The first-order chi connectivity index (χ1) is 12.8. The van der Waals surface area contributed by atoms with Crippen molar-refractivity contribution >= 4 is 16.0 Å². The van der Waals surface area contributed by atoms with E-state index in [2.05, 4.69) is 9.62 Å². The van der Waals surface area contributed by atoms with Crippen LogP contribution in [0.25, 0.3) is 0 Å². The summed E-state index contributed by atoms with van der Waals surface area (Å²) in [6.07, 6.45) is -3.88. The predicted octanol–water partition coefficient (Wildman–Crippen LogP) is 1.22. The Morgan fingerprint density at radius 3 is 2.46 bits per heavy atom. The number of nitrogens with one attached hydrogen (secondary N) is 1. The Balaban J connectivity index is 0.000000345. The number of sulfonamides is 1. The average molecular weight is 428 g/mol. The molecule has 0 unspecified atom stereocenters. The van der Waals surface area contributed by atoms with Crippen molar-refractivity contribution in [2.75, 3.05) is 32.6 Å². The van der Waals surface area contributed by atoms with Crippen molar-refractivity contribution in [2.45, 2.75) is 25.7 Å². The van der Waals surface area contributed by atoms with Gasteiger partial charge in [-0.3, -0.25) is 4.90 Å². The Labute approximate surface area is 160 Å². The van der Waals surface area contributed by atoms with Crippen molar-refractivity contribution in [3.63, 3.8) is 0 Å². The molecule has 0 aliphatic carbocycles. The van der Waals surface area contributed by atoms with Crippen LogP contribution < -0.4 is 4.72 Å². The minimum Gasteiger partial charge on any atom is -0.475 e. The summed E-state index contributed by atoms with van der Waals surface area (Å²) >= 11 is 0. The molecule has 0 amide bonds. The van der Waals surface area contributed by atoms with Crippen LogP contribution in [0, 0.1) is 18.8 Å². The topological polar surface area (TPSA) is 109 Å². The van der Waals surface area contributed by atoms with E-state index in [1.165, 1.54) is 6.26 Å². The molecule has 2 saturated heterocycles. The molecule has 3 atom stereocenters. The van der Waals surface area contributed by atoms with Gasteiger partial charge in [0.25, 0.3) is 0 Å². The summed E-state index contributed by atoms with van der Waals surface area (Å²) in [5.74, 6) is -0.188. The number of hydrogen-bond acceptors (Lipinski definition) is 6. The highest BCUT2D eigenvalue weighted by molar-refractivity contribution is 7.88. The van der Waals surface area contributed by atoms with Gasteiger partial charge in [-0.25, -0.2) is 17.9 Å². The molecule has 8 nitrogen and oxygen atoms in total. The summed E-state index contributed by atoms with van der Waals surface area (Å²) in [6, 6.07) is 3.84. The lowest BCUT2D eigenvalue weighted by molar-refractivity contribution is -0.192. The van der Waals surface area contributed by atoms with Crippen molar-refractivity contribution in [1.82, 2.24) is 9.62 Å². The summed E-state index contributed by atoms with van der Waals surface area (Å²) in [6.45, 7) is 5.68. The summed E-state index contributed by atoms with van der Waals surface area (Å²) in [7, 11) is -3.20. The third kappa shape index (κ3) is 6.76. The van der Waals surface area contributed by atoms with Crippen LogP contribution >= 0.6 is 0 Å². The maximum atomic E-state index is 11.5. The molecule has 0 bridgehead atoms.